The number of nitrogens with zero attached hydrogens (tertiary/aromatic N) is 16. The molecule has 20 rings (SSSR count). The molecule has 5 N–H and O–H groups in total. The molecule has 143 heavy (non-hydrogen) atoms. The van der Waals surface area contributed by atoms with Gasteiger partial charge in [-0.15, -0.1) is 0 Å². The third-order valence-corrected chi connectivity index (χ3v) is 25.5. The average Bonchev–Trinajstić information content (AvgIpc) is 0.773. The summed E-state index contributed by atoms with van der Waals surface area (Å²) >= 11 is 0. The molecule has 2 aromatic heterocycles. The Kier molecular flexibility index (Phi) is 30.7. The molecule has 728 valence electrons. The molecular weight excluding hydrogens is 1800 g/mol. The standard InChI is InChI=1S/C25H29N5O3.2C22H22N4O2.C22H22N4O.C21H20N4O2/c1-16-14-20-21(15-17(16)2)30(23-22(26-20)24(31)28-25(32)27-23)11-5-6-18-7-9-19(10-8-18)33-13-12-29(3)4;1-13-6-4-7-16(10-13)8-5-9-26-18-12-15(3)14(2)11-17(18)23-19-20(26)24-22(28)25-21(19)27;1-13-6-8-16(9-7-13)5-4-10-26-18-12-15(3)14(2)11-17(18)23-19-20(26)24-22(28)25-21(19)27;1-15-11-12-19-18(14-15)25-20-21(23-16(2)24-22(20)27)26(19)13-7-6-10-17-8-4-3-5-9-17;1-13-11-17-18(12-14(13)2)25(9-10-27-16-7-5-4-6-8-16)20-19(24-17)21(26)23-15(3)22-20/h7-10,14-15H,5-6,11-13H2,1-4H3,(H,28,31,32);4,6-7,10-12H,5,8-9H2,1-3H3,(H,25,27,28);6-9,11-12H,4-5,10H2,1-3H3,(H,25,27,28);3-5,8-9,11-12,14H,2,6-7,10,13H2,1H3,(H,24,27);4-8,11-12H,3,9-10H2,1-2H3,(H,23,26). The largest absolute Gasteiger partial charge is 0.492 e. The molecule has 0 spiro atoms. The third-order valence-electron chi connectivity index (χ3n) is 25.5. The van der Waals surface area contributed by atoms with Crippen LogP contribution in [0, 0.1) is 76.2 Å². The van der Waals surface area contributed by atoms with Gasteiger partial charge in [0.1, 0.15) is 35.7 Å². The number of aromatic nitrogens is 16. The van der Waals surface area contributed by atoms with Gasteiger partial charge in [0, 0.05) is 32.7 Å². The van der Waals surface area contributed by atoms with E-state index in [9.17, 15) is 38.4 Å². The third kappa shape index (κ3) is 23.7. The normalized spacial score (nSPS) is 11.7. The molecule has 10 aromatic carbocycles. The molecule has 0 aliphatic carbocycles. The van der Waals surface area contributed by atoms with Crippen LogP contribution in [0.2, 0.25) is 0 Å². The van der Waals surface area contributed by atoms with E-state index in [2.05, 4.69) is 234 Å². The molecule has 0 saturated heterocycles. The second-order valence-corrected chi connectivity index (χ2v) is 36.7. The van der Waals surface area contributed by atoms with Gasteiger partial charge in [0.2, 0.25) is 0 Å². The first-order valence-electron chi connectivity index (χ1n) is 47.9. The lowest BCUT2D eigenvalue weighted by Crippen LogP contribution is -2.43. The lowest BCUT2D eigenvalue weighted by Gasteiger charge is -2.28. The minimum Gasteiger partial charge on any atom is -0.492 e. The van der Waals surface area contributed by atoms with E-state index >= 15 is 0 Å². The van der Waals surface area contributed by atoms with E-state index in [0.29, 0.717) is 90.2 Å². The lowest BCUT2D eigenvalue weighted by molar-refractivity contribution is 0.261. The van der Waals surface area contributed by atoms with Gasteiger partial charge in [-0.3, -0.25) is 38.9 Å². The van der Waals surface area contributed by atoms with Crippen molar-refractivity contribution in [3.05, 3.63) is 389 Å². The zero-order valence-corrected chi connectivity index (χ0v) is 82.7. The van der Waals surface area contributed by atoms with Crippen LogP contribution in [-0.2, 0) is 45.3 Å². The van der Waals surface area contributed by atoms with E-state index in [4.69, 9.17) is 9.47 Å². The predicted octanol–water partition coefficient (Wildman–Crippen LogP) is 14.3. The second-order valence-electron chi connectivity index (χ2n) is 36.7. The molecule has 10 heterocycles. The Bertz CT molecular complexity index is 8470. The van der Waals surface area contributed by atoms with Gasteiger partial charge >= 0.3 is 17.1 Å². The highest BCUT2D eigenvalue weighted by Gasteiger charge is 2.28. The summed E-state index contributed by atoms with van der Waals surface area (Å²) in [5, 5.41) is 0.668. The van der Waals surface area contributed by atoms with Crippen molar-refractivity contribution in [3.63, 3.8) is 0 Å². The van der Waals surface area contributed by atoms with E-state index in [0.717, 1.165) is 188 Å². The summed E-state index contributed by atoms with van der Waals surface area (Å²) < 4.78 is 17.5. The number of fused-ring (bicyclic) bond motifs is 10. The Balaban J connectivity index is 0.000000129. The Morgan fingerprint density at radius 1 is 0.315 bits per heavy atom. The van der Waals surface area contributed by atoms with E-state index in [1.165, 1.54) is 33.4 Å². The summed E-state index contributed by atoms with van der Waals surface area (Å²) in [5.41, 5.74) is 23.2. The van der Waals surface area contributed by atoms with Crippen molar-refractivity contribution >= 4 is 80.6 Å². The number of rotatable bonds is 25. The molecule has 0 bridgehead atoms. The minimum absolute atomic E-state index is 0.185. The van der Waals surface area contributed by atoms with Crippen molar-refractivity contribution in [3.8, 4) is 46.1 Å². The summed E-state index contributed by atoms with van der Waals surface area (Å²) in [6, 6.07) is 67.5. The van der Waals surface area contributed by atoms with Crippen LogP contribution in [-0.4, -0.2) is 130 Å². The van der Waals surface area contributed by atoms with Gasteiger partial charge < -0.3 is 47.8 Å². The molecule has 0 radical (unpaired) electrons. The summed E-state index contributed by atoms with van der Waals surface area (Å²) in [4.78, 5) is 159. The van der Waals surface area contributed by atoms with Gasteiger partial charge in [-0.2, -0.15) is 15.0 Å². The second kappa shape index (κ2) is 44.2. The topological polar surface area (TPSA) is 386 Å². The predicted molar refractivity (Wildman–Crippen MR) is 563 cm³/mol. The maximum absolute atomic E-state index is 12.4. The minimum atomic E-state index is -0.656. The van der Waals surface area contributed by atoms with E-state index in [-0.39, 0.29) is 28.2 Å². The zero-order valence-electron chi connectivity index (χ0n) is 82.7. The number of hydrogen-bond acceptors (Lipinski definition) is 23. The number of aromatic amines is 5. The Morgan fingerprint density at radius 3 is 1.17 bits per heavy atom. The van der Waals surface area contributed by atoms with E-state index in [1.54, 1.807) is 0 Å². The maximum atomic E-state index is 12.4. The number of aryl methyl sites for hydroxylation is 18. The number of hydrogen-bond donors (Lipinski definition) is 5. The summed E-state index contributed by atoms with van der Waals surface area (Å²) in [7, 11) is 4.04. The molecule has 0 unspecified atom stereocenters. The van der Waals surface area contributed by atoms with Gasteiger partial charge in [-0.1, -0.05) is 140 Å². The fraction of sp³-hybridized carbons (Fsp3) is 0.268. The highest BCUT2D eigenvalue weighted by Crippen LogP contribution is 2.39. The number of nitrogens with one attached hydrogen (secondary N) is 5. The molecule has 8 aliphatic rings. The molecule has 12 aromatic rings. The average molecular weight is 1920 g/mol. The molecule has 0 amide bonds. The summed E-state index contributed by atoms with van der Waals surface area (Å²) in [6.07, 6.45) is 8.27. The molecule has 31 heteroatoms. The lowest BCUT2D eigenvalue weighted by atomic mass is 10.1. The number of H-pyrrole nitrogens is 5. The van der Waals surface area contributed by atoms with Crippen molar-refractivity contribution in [2.45, 2.75) is 154 Å². The van der Waals surface area contributed by atoms with Crippen LogP contribution >= 0.6 is 0 Å². The summed E-state index contributed by atoms with van der Waals surface area (Å²) in [6.45, 7) is 35.2. The maximum Gasteiger partial charge on any atom is 0.349 e. The number of benzene rings is 10. The Morgan fingerprint density at radius 2 is 0.699 bits per heavy atom. The number of para-hydroxylation sites is 1. The first-order valence-corrected chi connectivity index (χ1v) is 47.9. The SMILES string of the molecule is C=c1nc2c(c(=O)[nH]1)=Nc1cc(C)c(C)cc1N2CCOc1ccccc1.C=c1nc2c(c(=O)[nH]1)=Nc1cc(C)ccc1N2CCCCc1ccccc1.Cc1cc2nc3c(=O)[nH]c(=O)nc-3n(CCCc3ccc(OCCN(C)C)cc3)c2cc1C.Cc1ccc(CCCn2c3nc(=O)[nH]c(=O)c-3nc3cc(C)c(C)cc32)cc1.Cc1cccc(CCCn2c3nc(=O)[nH]c(=O)c-3nc3cc(C)c(C)cc32)c1. The van der Waals surface area contributed by atoms with Crippen LogP contribution in [0.1, 0.15) is 116 Å². The first-order chi connectivity index (χ1) is 68.8. The van der Waals surface area contributed by atoms with Crippen LogP contribution in [0.25, 0.3) is 80.8 Å². The smallest absolute Gasteiger partial charge is 0.349 e. The van der Waals surface area contributed by atoms with Crippen molar-refractivity contribution in [1.82, 2.24) is 83.4 Å². The van der Waals surface area contributed by atoms with Crippen LogP contribution in [0.5, 0.6) is 11.5 Å². The number of unbranched alkanes of at least 4 members (excludes halogenated alkanes) is 1. The molecule has 0 atom stereocenters. The zero-order chi connectivity index (χ0) is 101. The molecule has 0 fully saturated rings. The monoisotopic (exact) mass is 1910 g/mol. The Labute approximate surface area is 823 Å². The van der Waals surface area contributed by atoms with Gasteiger partial charge in [0.05, 0.1) is 62.4 Å². The molecular formula is C112H115N21O10. The molecule has 8 aliphatic heterocycles. The summed E-state index contributed by atoms with van der Waals surface area (Å²) in [5.74, 6) is 3.78. The highest BCUT2D eigenvalue weighted by atomic mass is 16.5. The van der Waals surface area contributed by atoms with E-state index < -0.39 is 33.7 Å². The van der Waals surface area contributed by atoms with Crippen LogP contribution in [0.3, 0.4) is 0 Å². The molecule has 0 saturated carbocycles. The first kappa shape index (κ1) is 99.3. The van der Waals surface area contributed by atoms with E-state index in [1.807, 2.05) is 173 Å². The van der Waals surface area contributed by atoms with Crippen LogP contribution < -0.4 is 85.8 Å². The highest BCUT2D eigenvalue weighted by molar-refractivity contribution is 5.84. The van der Waals surface area contributed by atoms with Crippen molar-refractivity contribution in [1.29, 1.82) is 0 Å². The van der Waals surface area contributed by atoms with Gasteiger partial charge in [0.25, 0.3) is 27.8 Å². The van der Waals surface area contributed by atoms with Crippen molar-refractivity contribution in [2.24, 2.45) is 9.98 Å². The number of likely N-dealkylation sites (N-methyl/N-ethyl adjacent to an activating group) is 1. The van der Waals surface area contributed by atoms with Gasteiger partial charge in [-0.05, 0) is 305 Å². The van der Waals surface area contributed by atoms with Crippen molar-refractivity contribution in [2.75, 3.05) is 56.7 Å². The fourth-order valence-electron chi connectivity index (χ4n) is 17.4. The molecule has 31 nitrogen and oxygen atoms in total. The van der Waals surface area contributed by atoms with Crippen molar-refractivity contribution < 1.29 is 9.47 Å². The fourth-order valence-corrected chi connectivity index (χ4v) is 17.4. The Hall–Kier alpha value is -16.7. The number of anilines is 4. The quantitative estimate of drug-likeness (QED) is 0.0262. The van der Waals surface area contributed by atoms with Gasteiger partial charge in [0.15, 0.2) is 56.9 Å². The van der Waals surface area contributed by atoms with Crippen LogP contribution in [0.4, 0.5) is 34.4 Å². The van der Waals surface area contributed by atoms with Gasteiger partial charge in [-0.25, -0.2) is 49.3 Å². The number of ether oxygens (including phenoxy) is 2. The van der Waals surface area contributed by atoms with Crippen LogP contribution in [0.15, 0.2) is 249 Å².